The molecule has 6 heteroatoms. The van der Waals surface area contributed by atoms with Crippen LogP contribution >= 0.6 is 23.6 Å². The van der Waals surface area contributed by atoms with Gasteiger partial charge in [0.25, 0.3) is 5.56 Å². The number of H-pyrrole nitrogens is 1. The molecule has 1 N–H and O–H groups in total. The number of likely N-dealkylation sites (N-methyl/N-ethyl adjacent to an activating group) is 1. The van der Waals surface area contributed by atoms with Gasteiger partial charge >= 0.3 is 0 Å². The highest BCUT2D eigenvalue weighted by Gasteiger charge is 2.19. The van der Waals surface area contributed by atoms with Crippen molar-refractivity contribution < 1.29 is 0 Å². The summed E-state index contributed by atoms with van der Waals surface area (Å²) in [5.41, 5.74) is 0.0322. The van der Waals surface area contributed by atoms with Crippen LogP contribution in [0.2, 0.25) is 0 Å². The maximum atomic E-state index is 12.4. The minimum atomic E-state index is 0.0322. The molecule has 0 bridgehead atoms. The van der Waals surface area contributed by atoms with Gasteiger partial charge < -0.3 is 9.88 Å². The monoisotopic (exact) mass is 309 g/mol. The fourth-order valence-electron chi connectivity index (χ4n) is 2.97. The molecule has 1 saturated carbocycles. The van der Waals surface area contributed by atoms with Gasteiger partial charge in [-0.3, -0.25) is 9.36 Å². The molecular formula is C14H19N3OS2. The average molecular weight is 309 g/mol. The van der Waals surface area contributed by atoms with Gasteiger partial charge in [0.1, 0.15) is 4.83 Å². The molecule has 0 radical (unpaired) electrons. The zero-order chi connectivity index (χ0) is 14.1. The third-order valence-corrected chi connectivity index (χ3v) is 5.38. The normalized spacial score (nSPS) is 16.5. The zero-order valence-corrected chi connectivity index (χ0v) is 13.2. The van der Waals surface area contributed by atoms with Crippen molar-refractivity contribution in [3.63, 3.8) is 0 Å². The Balaban J connectivity index is 1.80. The molecule has 0 aliphatic heterocycles. The average Bonchev–Trinajstić information content (AvgIpc) is 3.08. The van der Waals surface area contributed by atoms with Crippen LogP contribution in [0.1, 0.15) is 25.7 Å². The van der Waals surface area contributed by atoms with Crippen LogP contribution in [0.5, 0.6) is 0 Å². The second-order valence-corrected chi connectivity index (χ2v) is 6.77. The van der Waals surface area contributed by atoms with Crippen molar-refractivity contribution in [1.29, 1.82) is 0 Å². The van der Waals surface area contributed by atoms with Crippen LogP contribution < -0.4 is 5.56 Å². The van der Waals surface area contributed by atoms with Crippen LogP contribution in [-0.4, -0.2) is 34.1 Å². The van der Waals surface area contributed by atoms with Crippen molar-refractivity contribution in [3.8, 4) is 0 Å². The first kappa shape index (κ1) is 14.0. The van der Waals surface area contributed by atoms with Crippen molar-refractivity contribution in [2.75, 3.05) is 13.6 Å². The number of thiophene rings is 1. The first-order chi connectivity index (χ1) is 9.66. The van der Waals surface area contributed by atoms with E-state index in [1.54, 1.807) is 4.57 Å². The van der Waals surface area contributed by atoms with Crippen molar-refractivity contribution in [3.05, 3.63) is 26.6 Å². The summed E-state index contributed by atoms with van der Waals surface area (Å²) in [4.78, 5) is 18.8. The number of aromatic nitrogens is 2. The Bertz CT molecular complexity index is 709. The minimum absolute atomic E-state index is 0.0322. The minimum Gasteiger partial charge on any atom is -0.323 e. The number of aromatic amines is 1. The Morgan fingerprint density at radius 3 is 3.00 bits per heavy atom. The molecule has 4 nitrogen and oxygen atoms in total. The molecular weight excluding hydrogens is 290 g/mol. The van der Waals surface area contributed by atoms with Crippen molar-refractivity contribution in [1.82, 2.24) is 14.5 Å². The smallest absolute Gasteiger partial charge is 0.263 e. The Morgan fingerprint density at radius 1 is 1.50 bits per heavy atom. The summed E-state index contributed by atoms with van der Waals surface area (Å²) in [5, 5.41) is 2.67. The number of nitrogens with zero attached hydrogens (tertiary/aromatic N) is 2. The molecule has 0 saturated heterocycles. The molecule has 0 amide bonds. The Morgan fingerprint density at radius 2 is 2.25 bits per heavy atom. The van der Waals surface area contributed by atoms with E-state index in [-0.39, 0.29) is 5.56 Å². The Hall–Kier alpha value is -0.980. The van der Waals surface area contributed by atoms with E-state index in [0.717, 1.165) is 16.8 Å². The Labute approximate surface area is 127 Å². The third-order valence-electron chi connectivity index (χ3n) is 4.23. The molecule has 0 aromatic carbocycles. The lowest BCUT2D eigenvalue weighted by molar-refractivity contribution is 0.235. The number of hydrogen-bond donors (Lipinski definition) is 1. The van der Waals surface area contributed by atoms with Crippen molar-refractivity contribution in [2.45, 2.75) is 38.3 Å². The van der Waals surface area contributed by atoms with Gasteiger partial charge in [0.05, 0.1) is 5.39 Å². The van der Waals surface area contributed by atoms with Gasteiger partial charge in [0.15, 0.2) is 4.77 Å². The quantitative estimate of drug-likeness (QED) is 0.883. The lowest BCUT2D eigenvalue weighted by atomic mass is 10.2. The molecule has 2 aromatic heterocycles. The van der Waals surface area contributed by atoms with E-state index < -0.39 is 0 Å². The highest BCUT2D eigenvalue weighted by Crippen LogP contribution is 2.22. The van der Waals surface area contributed by atoms with Crippen LogP contribution in [0.25, 0.3) is 10.2 Å². The summed E-state index contributed by atoms with van der Waals surface area (Å²) in [6.45, 7) is 1.53. The van der Waals surface area contributed by atoms with E-state index in [2.05, 4.69) is 16.9 Å². The van der Waals surface area contributed by atoms with Gasteiger partial charge in [-0.1, -0.05) is 12.8 Å². The van der Waals surface area contributed by atoms with Gasteiger partial charge in [-0.05, 0) is 43.6 Å². The van der Waals surface area contributed by atoms with E-state index in [0.29, 0.717) is 17.4 Å². The molecule has 3 rings (SSSR count). The fraction of sp³-hybridized carbons (Fsp3) is 0.571. The molecule has 1 aliphatic rings. The third kappa shape index (κ3) is 2.60. The molecule has 2 heterocycles. The lowest BCUT2D eigenvalue weighted by Gasteiger charge is -2.24. The van der Waals surface area contributed by atoms with Gasteiger partial charge in [-0.15, -0.1) is 11.3 Å². The number of hydrogen-bond acceptors (Lipinski definition) is 4. The highest BCUT2D eigenvalue weighted by molar-refractivity contribution is 7.71. The number of fused-ring (bicyclic) bond motifs is 1. The molecule has 20 heavy (non-hydrogen) atoms. The molecule has 0 spiro atoms. The van der Waals surface area contributed by atoms with E-state index >= 15 is 0 Å². The fourth-order valence-corrected chi connectivity index (χ4v) is 4.08. The molecule has 108 valence electrons. The van der Waals surface area contributed by atoms with Gasteiger partial charge in [0.2, 0.25) is 0 Å². The standard InChI is InChI=1S/C14H19N3OS2/c1-16(10-4-2-3-5-10)7-8-17-13(18)11-6-9-20-12(11)15-14(17)19/h6,9-10H,2-5,7-8H2,1H3,(H,15,19). The van der Waals surface area contributed by atoms with Gasteiger partial charge in [-0.2, -0.15) is 0 Å². The van der Waals surface area contributed by atoms with Gasteiger partial charge in [0, 0.05) is 19.1 Å². The second kappa shape index (κ2) is 5.79. The van der Waals surface area contributed by atoms with E-state index in [1.807, 2.05) is 11.4 Å². The van der Waals surface area contributed by atoms with Crippen molar-refractivity contribution in [2.24, 2.45) is 0 Å². The predicted octanol–water partition coefficient (Wildman–Crippen LogP) is 2.99. The molecule has 0 atom stereocenters. The summed E-state index contributed by atoms with van der Waals surface area (Å²) in [6.07, 6.45) is 5.22. The van der Waals surface area contributed by atoms with Crippen molar-refractivity contribution >= 4 is 33.8 Å². The van der Waals surface area contributed by atoms with Crippen LogP contribution in [0.3, 0.4) is 0 Å². The number of rotatable bonds is 4. The maximum absolute atomic E-state index is 12.4. The topological polar surface area (TPSA) is 41.0 Å². The first-order valence-corrected chi connectivity index (χ1v) is 8.36. The molecule has 1 fully saturated rings. The molecule has 1 aliphatic carbocycles. The summed E-state index contributed by atoms with van der Waals surface area (Å²) in [5.74, 6) is 0. The highest BCUT2D eigenvalue weighted by atomic mass is 32.1. The molecule has 2 aromatic rings. The largest absolute Gasteiger partial charge is 0.323 e. The Kier molecular flexibility index (Phi) is 4.05. The first-order valence-electron chi connectivity index (χ1n) is 7.07. The summed E-state index contributed by atoms with van der Waals surface area (Å²) >= 11 is 6.84. The number of nitrogens with one attached hydrogen (secondary N) is 1. The molecule has 0 unspecified atom stereocenters. The van der Waals surface area contributed by atoms with Crippen LogP contribution in [0, 0.1) is 4.77 Å². The predicted molar refractivity (Wildman–Crippen MR) is 86.2 cm³/mol. The summed E-state index contributed by atoms with van der Waals surface area (Å²) < 4.78 is 2.22. The van der Waals surface area contributed by atoms with Crippen LogP contribution in [0.4, 0.5) is 0 Å². The van der Waals surface area contributed by atoms with E-state index in [9.17, 15) is 4.79 Å². The van der Waals surface area contributed by atoms with Crippen LogP contribution in [0.15, 0.2) is 16.2 Å². The second-order valence-electron chi connectivity index (χ2n) is 5.47. The summed E-state index contributed by atoms with van der Waals surface area (Å²) in [7, 11) is 2.15. The lowest BCUT2D eigenvalue weighted by Crippen LogP contribution is -2.34. The van der Waals surface area contributed by atoms with E-state index in [4.69, 9.17) is 12.2 Å². The van der Waals surface area contributed by atoms with Crippen LogP contribution in [-0.2, 0) is 6.54 Å². The van der Waals surface area contributed by atoms with E-state index in [1.165, 1.54) is 37.0 Å². The maximum Gasteiger partial charge on any atom is 0.263 e. The SMILES string of the molecule is CN(CCn1c(=S)[nH]c2sccc2c1=O)C1CCCC1. The zero-order valence-electron chi connectivity index (χ0n) is 11.6. The summed E-state index contributed by atoms with van der Waals surface area (Å²) in [6, 6.07) is 2.54. The van der Waals surface area contributed by atoms with Gasteiger partial charge in [-0.25, -0.2) is 0 Å².